The summed E-state index contributed by atoms with van der Waals surface area (Å²) < 4.78 is 11.0. The second-order valence-corrected chi connectivity index (χ2v) is 0.710. The van der Waals surface area contributed by atoms with Crippen molar-refractivity contribution in [3.63, 3.8) is 0 Å². The Morgan fingerprint density at radius 1 is 1.71 bits per heavy atom. The Kier molecular flexibility index (Phi) is 6.77. The summed E-state index contributed by atoms with van der Waals surface area (Å²) in [6, 6.07) is 0. The molecule has 0 bridgehead atoms. The normalized spacial score (nSPS) is 6.43. The molecule has 0 saturated carbocycles. The van der Waals surface area contributed by atoms with Crippen LogP contribution in [0.2, 0.25) is 0 Å². The standard InChI is InChI=1S/C3H3FO2.Ca.2H/c1-2(4)3(5)6;;;/h1H2,(H,5,6);;;. The minimum absolute atomic E-state index is 0. The van der Waals surface area contributed by atoms with E-state index in [2.05, 4.69) is 6.58 Å². The van der Waals surface area contributed by atoms with Crippen molar-refractivity contribution in [3.8, 4) is 0 Å². The van der Waals surface area contributed by atoms with Crippen LogP contribution in [0, 0.1) is 0 Å². The van der Waals surface area contributed by atoms with Crippen LogP contribution in [0.25, 0.3) is 0 Å². The van der Waals surface area contributed by atoms with Crippen molar-refractivity contribution in [2.75, 3.05) is 0 Å². The molecule has 0 amide bonds. The molecule has 0 aromatic carbocycles. The van der Waals surface area contributed by atoms with Gasteiger partial charge in [-0.15, -0.1) is 0 Å². The van der Waals surface area contributed by atoms with E-state index in [4.69, 9.17) is 5.11 Å². The van der Waals surface area contributed by atoms with E-state index in [9.17, 15) is 9.18 Å². The fourth-order valence-electron chi connectivity index (χ4n) is 0. The number of rotatable bonds is 1. The topological polar surface area (TPSA) is 37.3 Å². The summed E-state index contributed by atoms with van der Waals surface area (Å²) in [6.07, 6.45) is 0. The number of hydrogen-bond donors (Lipinski definition) is 1. The van der Waals surface area contributed by atoms with Crippen LogP contribution in [0.4, 0.5) is 4.39 Å². The van der Waals surface area contributed by atoms with E-state index in [1.165, 1.54) is 0 Å². The third kappa shape index (κ3) is 6.40. The minimum atomic E-state index is -1.60. The van der Waals surface area contributed by atoms with Gasteiger partial charge in [-0.05, 0) is 0 Å². The summed E-state index contributed by atoms with van der Waals surface area (Å²) in [4.78, 5) is 9.22. The van der Waals surface area contributed by atoms with E-state index in [0.29, 0.717) is 0 Å². The zero-order valence-corrected chi connectivity index (χ0v) is 2.94. The summed E-state index contributed by atoms with van der Waals surface area (Å²) in [6.45, 7) is 2.49. The van der Waals surface area contributed by atoms with Gasteiger partial charge in [-0.3, -0.25) is 0 Å². The van der Waals surface area contributed by atoms with E-state index in [0.717, 1.165) is 0 Å². The summed E-state index contributed by atoms with van der Waals surface area (Å²) in [7, 11) is 0. The first kappa shape index (κ1) is 10.4. The molecule has 7 heavy (non-hydrogen) atoms. The van der Waals surface area contributed by atoms with E-state index >= 15 is 0 Å². The molecule has 0 atom stereocenters. The zero-order valence-electron chi connectivity index (χ0n) is 2.94. The van der Waals surface area contributed by atoms with Gasteiger partial charge in [0.1, 0.15) is 0 Å². The average Bonchev–Trinajstić information content (AvgIpc) is 1.36. The van der Waals surface area contributed by atoms with Crippen LogP contribution in [0.15, 0.2) is 12.4 Å². The quantitative estimate of drug-likeness (QED) is 0.390. The second-order valence-electron chi connectivity index (χ2n) is 0.710. The Bertz CT molecular complexity index is 78.9. The van der Waals surface area contributed by atoms with Gasteiger partial charge in [0.15, 0.2) is 0 Å². The monoisotopic (exact) mass is 132 g/mol. The van der Waals surface area contributed by atoms with Crippen molar-refractivity contribution in [2.45, 2.75) is 0 Å². The third-order valence-corrected chi connectivity index (χ3v) is 0.232. The van der Waals surface area contributed by atoms with Gasteiger partial charge >= 0.3 is 43.7 Å². The van der Waals surface area contributed by atoms with Gasteiger partial charge in [-0.1, -0.05) is 6.58 Å². The van der Waals surface area contributed by atoms with Gasteiger partial charge in [0, 0.05) is 0 Å². The number of hydrogen-bond acceptors (Lipinski definition) is 1. The van der Waals surface area contributed by atoms with E-state index < -0.39 is 11.8 Å². The van der Waals surface area contributed by atoms with Gasteiger partial charge < -0.3 is 5.11 Å². The molecule has 0 radical (unpaired) electrons. The molecule has 0 rings (SSSR count). The molecule has 1 N–H and O–H groups in total. The Balaban J connectivity index is 0. The number of carboxylic acid groups (broad SMARTS) is 1. The molecular weight excluding hydrogens is 127 g/mol. The van der Waals surface area contributed by atoms with Gasteiger partial charge in [0.2, 0.25) is 5.83 Å². The molecule has 0 aromatic rings. The third-order valence-electron chi connectivity index (χ3n) is 0.232. The number of halogens is 1. The Hall–Kier alpha value is 0.400. The Labute approximate surface area is 70.0 Å². The average molecular weight is 132 g/mol. The summed E-state index contributed by atoms with van der Waals surface area (Å²) in [5.41, 5.74) is 0. The maximum atomic E-state index is 11.0. The SMILES string of the molecule is C=C(F)C(=O)O.[CaH2]. The molecule has 0 spiro atoms. The van der Waals surface area contributed by atoms with E-state index in [-0.39, 0.29) is 37.7 Å². The summed E-state index contributed by atoms with van der Waals surface area (Å²) >= 11 is 0. The van der Waals surface area contributed by atoms with Crippen LogP contribution in [0.5, 0.6) is 0 Å². The molecule has 2 nitrogen and oxygen atoms in total. The van der Waals surface area contributed by atoms with Crippen molar-refractivity contribution in [3.05, 3.63) is 12.4 Å². The maximum absolute atomic E-state index is 11.0. The van der Waals surface area contributed by atoms with Gasteiger partial charge in [-0.25, -0.2) is 4.79 Å². The molecule has 0 saturated heterocycles. The summed E-state index contributed by atoms with van der Waals surface area (Å²) in [5, 5.41) is 7.52. The second kappa shape index (κ2) is 4.56. The molecule has 4 heteroatoms. The fraction of sp³-hybridized carbons (Fsp3) is 0. The van der Waals surface area contributed by atoms with Crippen LogP contribution in [0.3, 0.4) is 0 Å². The summed E-state index contributed by atoms with van der Waals surface area (Å²) in [5.74, 6) is -2.93. The molecule has 0 fully saturated rings. The van der Waals surface area contributed by atoms with Crippen molar-refractivity contribution in [1.82, 2.24) is 0 Å². The van der Waals surface area contributed by atoms with Gasteiger partial charge in [-0.2, -0.15) is 4.39 Å². The Morgan fingerprint density at radius 3 is 1.86 bits per heavy atom. The number of carboxylic acids is 1. The molecule has 38 valence electrons. The predicted molar refractivity (Wildman–Crippen MR) is 26.4 cm³/mol. The van der Waals surface area contributed by atoms with Crippen molar-refractivity contribution < 1.29 is 14.3 Å². The van der Waals surface area contributed by atoms with Crippen LogP contribution >= 0.6 is 0 Å². The predicted octanol–water partition coefficient (Wildman–Crippen LogP) is -0.362. The zero-order chi connectivity index (χ0) is 5.15. The van der Waals surface area contributed by atoms with Crippen LogP contribution in [-0.4, -0.2) is 48.8 Å². The molecule has 0 unspecified atom stereocenters. The van der Waals surface area contributed by atoms with Crippen LogP contribution in [-0.2, 0) is 4.79 Å². The number of carbonyl (C=O) groups is 1. The first-order chi connectivity index (χ1) is 2.64. The van der Waals surface area contributed by atoms with Gasteiger partial charge in [0.05, 0.1) is 0 Å². The van der Waals surface area contributed by atoms with Crippen LogP contribution < -0.4 is 0 Å². The van der Waals surface area contributed by atoms with Crippen molar-refractivity contribution in [2.24, 2.45) is 0 Å². The molecular formula is C3H5CaFO2. The fourth-order valence-corrected chi connectivity index (χ4v) is 0. The van der Waals surface area contributed by atoms with Crippen molar-refractivity contribution in [1.29, 1.82) is 0 Å². The molecule has 0 aliphatic heterocycles. The molecule has 0 heterocycles. The van der Waals surface area contributed by atoms with E-state index in [1.807, 2.05) is 0 Å². The molecule has 0 aliphatic rings. The van der Waals surface area contributed by atoms with E-state index in [1.54, 1.807) is 0 Å². The van der Waals surface area contributed by atoms with Gasteiger partial charge in [0.25, 0.3) is 0 Å². The van der Waals surface area contributed by atoms with Crippen molar-refractivity contribution >= 4 is 43.7 Å². The first-order valence-corrected chi connectivity index (χ1v) is 1.22. The molecule has 0 aromatic heterocycles. The van der Waals surface area contributed by atoms with Crippen LogP contribution in [0.1, 0.15) is 0 Å². The molecule has 0 aliphatic carbocycles. The first-order valence-electron chi connectivity index (χ1n) is 1.22. The number of aliphatic carboxylic acids is 1. The Morgan fingerprint density at radius 2 is 1.86 bits per heavy atom.